The lowest BCUT2D eigenvalue weighted by Gasteiger charge is -2.29. The lowest BCUT2D eigenvalue weighted by molar-refractivity contribution is 0.106. The minimum atomic E-state index is -0.502. The highest BCUT2D eigenvalue weighted by atomic mass is 32.2. The molecule has 0 aliphatic carbocycles. The van der Waals surface area contributed by atoms with Crippen molar-refractivity contribution in [2.24, 2.45) is 0 Å². The maximum Gasteiger partial charge on any atom is 0.315 e. The second kappa shape index (κ2) is 8.92. The number of rotatable bonds is 6. The van der Waals surface area contributed by atoms with Gasteiger partial charge in [0.1, 0.15) is 0 Å². The highest BCUT2D eigenvalue weighted by molar-refractivity contribution is 7.99. The summed E-state index contributed by atoms with van der Waals surface area (Å²) in [7, 11) is 0. The first-order valence-electron chi connectivity index (χ1n) is 7.36. The lowest BCUT2D eigenvalue weighted by atomic mass is 10.0. The quantitative estimate of drug-likeness (QED) is 0.470. The van der Waals surface area contributed by atoms with Gasteiger partial charge in [0.15, 0.2) is 0 Å². The van der Waals surface area contributed by atoms with E-state index in [1.165, 1.54) is 4.90 Å². The Morgan fingerprint density at radius 2 is 2.19 bits per heavy atom. The Labute approximate surface area is 129 Å². The summed E-state index contributed by atoms with van der Waals surface area (Å²) in [6, 6.07) is 9.89. The molecule has 0 bridgehead atoms. The van der Waals surface area contributed by atoms with Crippen molar-refractivity contribution in [1.29, 1.82) is 0 Å². The summed E-state index contributed by atoms with van der Waals surface area (Å²) in [5.41, 5.74) is 0. The van der Waals surface area contributed by atoms with Crippen LogP contribution in [0.15, 0.2) is 35.2 Å². The molecule has 1 fully saturated rings. The predicted octanol–water partition coefficient (Wildman–Crippen LogP) is 1.19. The Balaban J connectivity index is 1.55. The SMILES string of the molecule is O=C(NCCCSc1ccccc1)N[C@@H]1CCNC[C@H]1O. The van der Waals surface area contributed by atoms with Gasteiger partial charge in [-0.25, -0.2) is 4.79 Å². The maximum atomic E-state index is 11.7. The third-order valence-electron chi connectivity index (χ3n) is 3.39. The molecule has 1 heterocycles. The Bertz CT molecular complexity index is 430. The van der Waals surface area contributed by atoms with Gasteiger partial charge in [0.2, 0.25) is 0 Å². The number of benzene rings is 1. The topological polar surface area (TPSA) is 73.4 Å². The van der Waals surface area contributed by atoms with Crippen molar-refractivity contribution in [3.63, 3.8) is 0 Å². The molecule has 1 aromatic carbocycles. The molecule has 0 aromatic heterocycles. The van der Waals surface area contributed by atoms with Gasteiger partial charge in [0.05, 0.1) is 12.1 Å². The molecule has 2 atom stereocenters. The molecule has 6 heteroatoms. The van der Waals surface area contributed by atoms with Gasteiger partial charge in [-0.1, -0.05) is 18.2 Å². The number of hydrogen-bond donors (Lipinski definition) is 4. The number of hydrogen-bond acceptors (Lipinski definition) is 4. The number of urea groups is 1. The largest absolute Gasteiger partial charge is 0.390 e. The van der Waals surface area contributed by atoms with Crippen LogP contribution in [-0.2, 0) is 0 Å². The summed E-state index contributed by atoms with van der Waals surface area (Å²) in [6.07, 6.45) is 1.18. The van der Waals surface area contributed by atoms with Gasteiger partial charge in [-0.2, -0.15) is 0 Å². The fourth-order valence-corrected chi connectivity index (χ4v) is 3.08. The number of carbonyl (C=O) groups excluding carboxylic acids is 1. The molecular formula is C15H23N3O2S. The maximum absolute atomic E-state index is 11.7. The third-order valence-corrected chi connectivity index (χ3v) is 4.48. The van der Waals surface area contributed by atoms with Gasteiger partial charge in [-0.05, 0) is 37.3 Å². The van der Waals surface area contributed by atoms with Crippen LogP contribution in [0, 0.1) is 0 Å². The minimum absolute atomic E-state index is 0.148. The summed E-state index contributed by atoms with van der Waals surface area (Å²) in [5, 5.41) is 18.5. The zero-order chi connectivity index (χ0) is 14.9. The monoisotopic (exact) mass is 309 g/mol. The molecule has 0 spiro atoms. The molecule has 0 radical (unpaired) electrons. The zero-order valence-electron chi connectivity index (χ0n) is 12.0. The highest BCUT2D eigenvalue weighted by Gasteiger charge is 2.23. The molecule has 2 rings (SSSR count). The molecule has 4 N–H and O–H groups in total. The van der Waals surface area contributed by atoms with Crippen LogP contribution in [0.1, 0.15) is 12.8 Å². The molecular weight excluding hydrogens is 286 g/mol. The van der Waals surface area contributed by atoms with Crippen LogP contribution in [-0.4, -0.2) is 48.7 Å². The van der Waals surface area contributed by atoms with Crippen LogP contribution < -0.4 is 16.0 Å². The number of β-amino-alcohol motifs (C(OH)–C–C–N with tert-alkyl or cyclic N) is 1. The number of thioether (sulfide) groups is 1. The van der Waals surface area contributed by atoms with Crippen molar-refractivity contribution in [2.75, 3.05) is 25.4 Å². The molecule has 116 valence electrons. The van der Waals surface area contributed by atoms with Crippen LogP contribution in [0.4, 0.5) is 4.79 Å². The van der Waals surface area contributed by atoms with Crippen LogP contribution in [0.25, 0.3) is 0 Å². The van der Waals surface area contributed by atoms with E-state index >= 15 is 0 Å². The Morgan fingerprint density at radius 3 is 2.95 bits per heavy atom. The number of piperidine rings is 1. The first-order chi connectivity index (χ1) is 10.3. The van der Waals surface area contributed by atoms with E-state index in [2.05, 4.69) is 28.1 Å². The van der Waals surface area contributed by atoms with E-state index < -0.39 is 6.10 Å². The van der Waals surface area contributed by atoms with Gasteiger partial charge in [0, 0.05) is 18.0 Å². The standard InChI is InChI=1S/C15H23N3O2S/c19-14-11-16-9-7-13(14)18-15(20)17-8-4-10-21-12-5-2-1-3-6-12/h1-3,5-6,13-14,16,19H,4,7-11H2,(H2,17,18,20)/t13-,14-/m1/s1. The average Bonchev–Trinajstić information content (AvgIpc) is 2.50. The molecule has 1 aromatic rings. The molecule has 1 aliphatic rings. The highest BCUT2D eigenvalue weighted by Crippen LogP contribution is 2.17. The number of amides is 2. The van der Waals surface area contributed by atoms with Crippen LogP contribution in [0.5, 0.6) is 0 Å². The van der Waals surface area contributed by atoms with Crippen LogP contribution in [0.3, 0.4) is 0 Å². The minimum Gasteiger partial charge on any atom is -0.390 e. The van der Waals surface area contributed by atoms with E-state index in [1.807, 2.05) is 18.2 Å². The van der Waals surface area contributed by atoms with Gasteiger partial charge in [-0.15, -0.1) is 11.8 Å². The summed E-state index contributed by atoms with van der Waals surface area (Å²) >= 11 is 1.79. The van der Waals surface area contributed by atoms with E-state index in [-0.39, 0.29) is 12.1 Å². The van der Waals surface area contributed by atoms with Gasteiger partial charge < -0.3 is 21.1 Å². The number of carbonyl (C=O) groups is 1. The summed E-state index contributed by atoms with van der Waals surface area (Å²) in [6.45, 7) is 2.01. The fourth-order valence-electron chi connectivity index (χ4n) is 2.21. The van der Waals surface area contributed by atoms with Crippen molar-refractivity contribution in [2.45, 2.75) is 29.9 Å². The fraction of sp³-hybridized carbons (Fsp3) is 0.533. The lowest BCUT2D eigenvalue weighted by Crippen LogP contribution is -2.54. The van der Waals surface area contributed by atoms with Crippen molar-refractivity contribution < 1.29 is 9.90 Å². The summed E-state index contributed by atoms with van der Waals surface area (Å²) < 4.78 is 0. The average molecular weight is 309 g/mol. The molecule has 0 unspecified atom stereocenters. The zero-order valence-corrected chi connectivity index (χ0v) is 12.9. The van der Waals surface area contributed by atoms with Gasteiger partial charge in [0.25, 0.3) is 0 Å². The first kappa shape index (κ1) is 16.1. The smallest absolute Gasteiger partial charge is 0.315 e. The van der Waals surface area contributed by atoms with Crippen LogP contribution >= 0.6 is 11.8 Å². The number of aliphatic hydroxyl groups is 1. The Morgan fingerprint density at radius 1 is 1.38 bits per heavy atom. The van der Waals surface area contributed by atoms with E-state index in [4.69, 9.17) is 0 Å². The van der Waals surface area contributed by atoms with Gasteiger partial charge >= 0.3 is 6.03 Å². The Kier molecular flexibility index (Phi) is 6.85. The molecule has 1 saturated heterocycles. The second-order valence-electron chi connectivity index (χ2n) is 5.08. The molecule has 5 nitrogen and oxygen atoms in total. The van der Waals surface area contributed by atoms with Gasteiger partial charge in [-0.3, -0.25) is 0 Å². The molecule has 2 amide bonds. The molecule has 21 heavy (non-hydrogen) atoms. The molecule has 0 saturated carbocycles. The van der Waals surface area contributed by atoms with Crippen molar-refractivity contribution in [1.82, 2.24) is 16.0 Å². The summed E-state index contributed by atoms with van der Waals surface area (Å²) in [5.74, 6) is 0.972. The number of nitrogens with one attached hydrogen (secondary N) is 3. The van der Waals surface area contributed by atoms with Crippen molar-refractivity contribution in [3.8, 4) is 0 Å². The van der Waals surface area contributed by atoms with Crippen LogP contribution in [0.2, 0.25) is 0 Å². The number of aliphatic hydroxyl groups excluding tert-OH is 1. The first-order valence-corrected chi connectivity index (χ1v) is 8.35. The van der Waals surface area contributed by atoms with E-state index in [1.54, 1.807) is 11.8 Å². The second-order valence-corrected chi connectivity index (χ2v) is 6.25. The van der Waals surface area contributed by atoms with E-state index in [0.29, 0.717) is 13.1 Å². The van der Waals surface area contributed by atoms with Crippen molar-refractivity contribution in [3.05, 3.63) is 30.3 Å². The summed E-state index contributed by atoms with van der Waals surface area (Å²) in [4.78, 5) is 13.0. The normalized spacial score (nSPS) is 21.8. The third kappa shape index (κ3) is 5.95. The molecule has 1 aliphatic heterocycles. The Hall–Kier alpha value is -1.24. The predicted molar refractivity (Wildman–Crippen MR) is 85.6 cm³/mol. The van der Waals surface area contributed by atoms with E-state index in [0.717, 1.165) is 25.1 Å². The van der Waals surface area contributed by atoms with E-state index in [9.17, 15) is 9.90 Å². The van der Waals surface area contributed by atoms with Crippen molar-refractivity contribution >= 4 is 17.8 Å².